The van der Waals surface area contributed by atoms with Crippen molar-refractivity contribution in [3.8, 4) is 22.9 Å². The molecule has 0 bridgehead atoms. The molecular formula is C31H34FN5O5. The number of rotatable bonds is 9. The molecule has 1 aliphatic carbocycles. The molecule has 0 radical (unpaired) electrons. The van der Waals surface area contributed by atoms with Crippen molar-refractivity contribution in [3.63, 3.8) is 0 Å². The second-order valence-electron chi connectivity index (χ2n) is 11.2. The Morgan fingerprint density at radius 3 is 2.76 bits per heavy atom. The monoisotopic (exact) mass is 575 g/mol. The number of benzene rings is 1. The minimum Gasteiger partial charge on any atom is -0.488 e. The predicted octanol–water partition coefficient (Wildman–Crippen LogP) is 3.61. The van der Waals surface area contributed by atoms with Crippen LogP contribution in [0.3, 0.4) is 0 Å². The first-order valence-electron chi connectivity index (χ1n) is 14.3. The van der Waals surface area contributed by atoms with Gasteiger partial charge >= 0.3 is 5.97 Å². The van der Waals surface area contributed by atoms with Crippen LogP contribution in [-0.2, 0) is 4.74 Å². The van der Waals surface area contributed by atoms with E-state index in [9.17, 15) is 14.0 Å². The smallest absolute Gasteiger partial charge is 0.340 e. The molecule has 3 fully saturated rings. The number of nitrogens with one attached hydrogen (secondary N) is 2. The van der Waals surface area contributed by atoms with Gasteiger partial charge in [-0.3, -0.25) is 4.79 Å². The van der Waals surface area contributed by atoms with Crippen molar-refractivity contribution in [3.05, 3.63) is 65.7 Å². The van der Waals surface area contributed by atoms with Crippen molar-refractivity contribution in [1.29, 1.82) is 0 Å². The highest BCUT2D eigenvalue weighted by molar-refractivity contribution is 5.96. The quantitative estimate of drug-likeness (QED) is 0.369. The van der Waals surface area contributed by atoms with E-state index in [1.165, 1.54) is 19.2 Å². The number of carbonyl (C=O) groups excluding carboxylic acids is 2. The maximum absolute atomic E-state index is 13.8. The van der Waals surface area contributed by atoms with Crippen LogP contribution in [0.5, 0.6) is 11.6 Å². The molecule has 2 aromatic heterocycles. The lowest BCUT2D eigenvalue weighted by atomic mass is 9.61. The topological polar surface area (TPSA) is 115 Å². The van der Waals surface area contributed by atoms with Crippen molar-refractivity contribution in [2.45, 2.75) is 38.3 Å². The third-order valence-electron chi connectivity index (χ3n) is 8.17. The number of aromatic nitrogens is 2. The van der Waals surface area contributed by atoms with Gasteiger partial charge in [-0.2, -0.15) is 0 Å². The minimum absolute atomic E-state index is 0.0301. The first kappa shape index (κ1) is 27.9. The SMILES string of the molecule is CCOc1ncccc1-c1ccc(OC2CC3(C2)CN(c2ccc(F)cc2C(=O)OC)C3)c(C(=O)NC2CCNC2)n1. The fourth-order valence-electron chi connectivity index (χ4n) is 6.14. The van der Waals surface area contributed by atoms with Crippen molar-refractivity contribution < 1.29 is 28.2 Å². The molecule has 3 aromatic rings. The molecule has 1 amide bonds. The number of hydrogen-bond acceptors (Lipinski definition) is 9. The number of ether oxygens (including phenoxy) is 3. The molecule has 2 N–H and O–H groups in total. The first-order chi connectivity index (χ1) is 20.4. The molecule has 4 heterocycles. The van der Waals surface area contributed by atoms with E-state index in [0.717, 1.165) is 38.9 Å². The number of pyridine rings is 2. The van der Waals surface area contributed by atoms with Gasteiger partial charge in [-0.05, 0) is 75.2 Å². The minimum atomic E-state index is -0.560. The molecule has 10 nitrogen and oxygen atoms in total. The number of carbonyl (C=O) groups is 2. The lowest BCUT2D eigenvalue weighted by Gasteiger charge is -2.59. The summed E-state index contributed by atoms with van der Waals surface area (Å²) < 4.78 is 30.7. The lowest BCUT2D eigenvalue weighted by molar-refractivity contribution is -0.0345. The predicted molar refractivity (Wildman–Crippen MR) is 153 cm³/mol. The number of methoxy groups -OCH3 is 1. The fraction of sp³-hybridized carbons (Fsp3) is 0.419. The number of nitrogens with zero attached hydrogens (tertiary/aromatic N) is 3. The van der Waals surface area contributed by atoms with Gasteiger partial charge in [-0.15, -0.1) is 0 Å². The van der Waals surface area contributed by atoms with E-state index in [-0.39, 0.29) is 34.7 Å². The highest BCUT2D eigenvalue weighted by atomic mass is 19.1. The lowest BCUT2D eigenvalue weighted by Crippen LogP contribution is -2.65. The third-order valence-corrected chi connectivity index (χ3v) is 8.17. The van der Waals surface area contributed by atoms with Gasteiger partial charge in [0.15, 0.2) is 11.4 Å². The van der Waals surface area contributed by atoms with E-state index >= 15 is 0 Å². The molecule has 220 valence electrons. The first-order valence-corrected chi connectivity index (χ1v) is 14.3. The van der Waals surface area contributed by atoms with Gasteiger partial charge < -0.3 is 29.7 Å². The second kappa shape index (κ2) is 11.6. The molecule has 2 aliphatic heterocycles. The van der Waals surface area contributed by atoms with Crippen LogP contribution >= 0.6 is 0 Å². The summed E-state index contributed by atoms with van der Waals surface area (Å²) in [6.07, 6.45) is 4.03. The summed E-state index contributed by atoms with van der Waals surface area (Å²) >= 11 is 0. The maximum Gasteiger partial charge on any atom is 0.340 e. The van der Waals surface area contributed by atoms with E-state index < -0.39 is 11.8 Å². The standard InChI is InChI=1S/C31H34FN5O5/c1-3-41-29-22(5-4-11-34-29)24-7-9-26(27(36-24)28(38)35-20-10-12-33-16-20)42-21-14-31(15-21)17-37(18-31)25-8-6-19(32)13-23(25)30(39)40-2/h4-9,11,13,20-21,33H,3,10,12,14-18H2,1-2H3,(H,35,38). The van der Waals surface area contributed by atoms with Gasteiger partial charge in [0.2, 0.25) is 5.88 Å². The van der Waals surface area contributed by atoms with E-state index in [1.54, 1.807) is 18.3 Å². The van der Waals surface area contributed by atoms with Crippen molar-refractivity contribution >= 4 is 17.6 Å². The van der Waals surface area contributed by atoms with Crippen molar-refractivity contribution in [1.82, 2.24) is 20.6 Å². The third kappa shape index (κ3) is 5.48. The molecule has 42 heavy (non-hydrogen) atoms. The summed E-state index contributed by atoms with van der Waals surface area (Å²) in [4.78, 5) is 36.8. The Morgan fingerprint density at radius 2 is 2.02 bits per heavy atom. The second-order valence-corrected chi connectivity index (χ2v) is 11.2. The van der Waals surface area contributed by atoms with E-state index in [4.69, 9.17) is 19.2 Å². The van der Waals surface area contributed by atoms with Crippen LogP contribution in [0.2, 0.25) is 0 Å². The zero-order valence-electron chi connectivity index (χ0n) is 23.7. The number of esters is 1. The summed E-state index contributed by atoms with van der Waals surface area (Å²) in [7, 11) is 1.29. The Morgan fingerprint density at radius 1 is 1.19 bits per heavy atom. The Balaban J connectivity index is 1.17. The van der Waals surface area contributed by atoms with Crippen LogP contribution in [0.25, 0.3) is 11.3 Å². The zero-order chi connectivity index (χ0) is 29.3. The average molecular weight is 576 g/mol. The van der Waals surface area contributed by atoms with E-state index in [0.29, 0.717) is 41.7 Å². The van der Waals surface area contributed by atoms with Crippen molar-refractivity contribution in [2.75, 3.05) is 44.8 Å². The Hall–Kier alpha value is -4.25. The molecule has 1 spiro atoms. The molecule has 2 saturated heterocycles. The van der Waals surface area contributed by atoms with Gasteiger partial charge in [-0.25, -0.2) is 19.2 Å². The summed E-state index contributed by atoms with van der Waals surface area (Å²) in [5.41, 5.74) is 2.44. The van der Waals surface area contributed by atoms with Crippen LogP contribution in [0.15, 0.2) is 48.7 Å². The molecule has 1 atom stereocenters. The summed E-state index contributed by atoms with van der Waals surface area (Å²) in [5.74, 6) is -0.424. The van der Waals surface area contributed by atoms with Gasteiger partial charge in [0.05, 0.1) is 36.2 Å². The van der Waals surface area contributed by atoms with Crippen LogP contribution < -0.4 is 25.0 Å². The Bertz CT molecular complexity index is 1480. The molecule has 6 rings (SSSR count). The molecule has 1 saturated carbocycles. The summed E-state index contributed by atoms with van der Waals surface area (Å²) in [6, 6.07) is 11.5. The number of anilines is 1. The van der Waals surface area contributed by atoms with Gasteiger partial charge in [0.1, 0.15) is 11.9 Å². The highest BCUT2D eigenvalue weighted by Crippen LogP contribution is 2.51. The molecule has 3 aliphatic rings. The Labute approximate surface area is 243 Å². The van der Waals surface area contributed by atoms with Gasteiger partial charge in [0.25, 0.3) is 5.91 Å². The number of hydrogen-bond donors (Lipinski definition) is 2. The molecule has 1 unspecified atom stereocenters. The summed E-state index contributed by atoms with van der Waals surface area (Å²) in [5, 5.41) is 6.35. The van der Waals surface area contributed by atoms with Gasteiger partial charge in [0, 0.05) is 37.3 Å². The zero-order valence-corrected chi connectivity index (χ0v) is 23.7. The summed E-state index contributed by atoms with van der Waals surface area (Å²) in [6.45, 7) is 5.37. The van der Waals surface area contributed by atoms with Crippen LogP contribution in [-0.4, -0.2) is 73.9 Å². The average Bonchev–Trinajstić information content (AvgIpc) is 3.47. The molecule has 11 heteroatoms. The number of halogens is 1. The van der Waals surface area contributed by atoms with Gasteiger partial charge in [-0.1, -0.05) is 0 Å². The van der Waals surface area contributed by atoms with Crippen LogP contribution in [0.4, 0.5) is 10.1 Å². The molecular weight excluding hydrogens is 541 g/mol. The number of amides is 1. The normalized spacial score (nSPS) is 19.1. The largest absolute Gasteiger partial charge is 0.488 e. The maximum atomic E-state index is 13.8. The Kier molecular flexibility index (Phi) is 7.68. The van der Waals surface area contributed by atoms with E-state index in [2.05, 4.69) is 20.5 Å². The fourth-order valence-corrected chi connectivity index (χ4v) is 6.14. The van der Waals surface area contributed by atoms with Crippen LogP contribution in [0.1, 0.15) is 47.0 Å². The van der Waals surface area contributed by atoms with Crippen LogP contribution in [0, 0.1) is 11.2 Å². The van der Waals surface area contributed by atoms with E-state index in [1.807, 2.05) is 25.1 Å². The van der Waals surface area contributed by atoms with Crippen molar-refractivity contribution in [2.24, 2.45) is 5.41 Å². The molecule has 1 aromatic carbocycles. The highest BCUT2D eigenvalue weighted by Gasteiger charge is 2.54.